The molecule has 0 aliphatic carbocycles. The van der Waals surface area contributed by atoms with Gasteiger partial charge in [0.2, 0.25) is 0 Å². The quantitative estimate of drug-likeness (QED) is 0.869. The van der Waals surface area contributed by atoms with E-state index in [2.05, 4.69) is 43.2 Å². The Morgan fingerprint density at radius 2 is 2.17 bits per heavy atom. The van der Waals surface area contributed by atoms with Crippen LogP contribution in [0.3, 0.4) is 0 Å². The van der Waals surface area contributed by atoms with Crippen molar-refractivity contribution in [3.05, 3.63) is 30.1 Å². The molecule has 4 unspecified atom stereocenters. The molecule has 0 bridgehead atoms. The van der Waals surface area contributed by atoms with Crippen molar-refractivity contribution in [1.82, 2.24) is 10.3 Å². The molecule has 1 aliphatic rings. The van der Waals surface area contributed by atoms with Crippen LogP contribution in [0.4, 0.5) is 0 Å². The Hall–Kier alpha value is -0.930. The van der Waals surface area contributed by atoms with E-state index in [0.29, 0.717) is 24.0 Å². The fourth-order valence-electron chi connectivity index (χ4n) is 2.86. The SMILES string of the molecule is CCNC(C(C)c1ccncc1)C1OCCC1C. The monoisotopic (exact) mass is 248 g/mol. The zero-order valence-electron chi connectivity index (χ0n) is 11.6. The summed E-state index contributed by atoms with van der Waals surface area (Å²) in [4.78, 5) is 4.09. The largest absolute Gasteiger partial charge is 0.376 e. The standard InChI is InChI=1S/C15H24N2O/c1-4-17-14(15-11(2)7-10-18-15)12(3)13-5-8-16-9-6-13/h5-6,8-9,11-12,14-15,17H,4,7,10H2,1-3H3. The summed E-state index contributed by atoms with van der Waals surface area (Å²) in [5, 5.41) is 3.61. The lowest BCUT2D eigenvalue weighted by Gasteiger charge is -2.32. The second-order valence-corrected chi connectivity index (χ2v) is 5.25. The molecule has 1 aromatic rings. The maximum Gasteiger partial charge on any atom is 0.0760 e. The van der Waals surface area contributed by atoms with E-state index in [4.69, 9.17) is 4.74 Å². The van der Waals surface area contributed by atoms with E-state index in [1.807, 2.05) is 12.4 Å². The van der Waals surface area contributed by atoms with Gasteiger partial charge in [-0.15, -0.1) is 0 Å². The van der Waals surface area contributed by atoms with E-state index in [0.717, 1.165) is 13.2 Å². The van der Waals surface area contributed by atoms with Crippen molar-refractivity contribution in [2.45, 2.75) is 45.3 Å². The van der Waals surface area contributed by atoms with Gasteiger partial charge in [0.1, 0.15) is 0 Å². The first kappa shape index (κ1) is 13.5. The average molecular weight is 248 g/mol. The summed E-state index contributed by atoms with van der Waals surface area (Å²) in [6.07, 6.45) is 5.24. The second kappa shape index (κ2) is 6.30. The highest BCUT2D eigenvalue weighted by atomic mass is 16.5. The van der Waals surface area contributed by atoms with Gasteiger partial charge in [0.25, 0.3) is 0 Å². The molecule has 2 rings (SSSR count). The molecule has 0 radical (unpaired) electrons. The van der Waals surface area contributed by atoms with Crippen molar-refractivity contribution >= 4 is 0 Å². The number of hydrogen-bond acceptors (Lipinski definition) is 3. The maximum atomic E-state index is 5.94. The molecule has 1 saturated heterocycles. The molecule has 100 valence electrons. The Morgan fingerprint density at radius 1 is 1.44 bits per heavy atom. The van der Waals surface area contributed by atoms with Gasteiger partial charge in [-0.3, -0.25) is 4.98 Å². The van der Waals surface area contributed by atoms with E-state index >= 15 is 0 Å². The van der Waals surface area contributed by atoms with Crippen LogP contribution in [-0.2, 0) is 4.74 Å². The Labute approximate surface area is 110 Å². The molecule has 2 heterocycles. The van der Waals surface area contributed by atoms with Gasteiger partial charge < -0.3 is 10.1 Å². The molecule has 18 heavy (non-hydrogen) atoms. The topological polar surface area (TPSA) is 34.2 Å². The normalized spacial score (nSPS) is 27.1. The minimum absolute atomic E-state index is 0.327. The van der Waals surface area contributed by atoms with Crippen molar-refractivity contribution in [3.63, 3.8) is 0 Å². The Kier molecular flexibility index (Phi) is 4.72. The minimum atomic E-state index is 0.327. The molecule has 0 saturated carbocycles. The summed E-state index contributed by atoms with van der Waals surface area (Å²) in [6, 6.07) is 4.60. The third kappa shape index (κ3) is 2.90. The Balaban J connectivity index is 2.14. The molecule has 1 N–H and O–H groups in total. The summed E-state index contributed by atoms with van der Waals surface area (Å²) in [7, 11) is 0. The fraction of sp³-hybridized carbons (Fsp3) is 0.667. The first-order valence-corrected chi connectivity index (χ1v) is 6.99. The second-order valence-electron chi connectivity index (χ2n) is 5.25. The molecule has 1 aromatic heterocycles. The number of rotatable bonds is 5. The van der Waals surface area contributed by atoms with E-state index in [9.17, 15) is 0 Å². The highest BCUT2D eigenvalue weighted by Gasteiger charge is 2.35. The van der Waals surface area contributed by atoms with Crippen LogP contribution in [0, 0.1) is 5.92 Å². The Bertz CT molecular complexity index is 355. The molecule has 0 aromatic carbocycles. The van der Waals surface area contributed by atoms with Gasteiger partial charge in [-0.2, -0.15) is 0 Å². The van der Waals surface area contributed by atoms with Crippen LogP contribution < -0.4 is 5.32 Å². The molecule has 1 fully saturated rings. The lowest BCUT2D eigenvalue weighted by atomic mass is 9.85. The van der Waals surface area contributed by atoms with Crippen LogP contribution in [0.5, 0.6) is 0 Å². The summed E-state index contributed by atoms with van der Waals surface area (Å²) >= 11 is 0. The van der Waals surface area contributed by atoms with Crippen molar-refractivity contribution in [1.29, 1.82) is 0 Å². The van der Waals surface area contributed by atoms with E-state index in [-0.39, 0.29) is 0 Å². The zero-order chi connectivity index (χ0) is 13.0. The third-order valence-corrected chi connectivity index (χ3v) is 4.01. The van der Waals surface area contributed by atoms with Crippen LogP contribution in [0.15, 0.2) is 24.5 Å². The number of pyridine rings is 1. The van der Waals surface area contributed by atoms with Gasteiger partial charge in [-0.05, 0) is 42.5 Å². The smallest absolute Gasteiger partial charge is 0.0760 e. The molecule has 4 atom stereocenters. The first-order valence-electron chi connectivity index (χ1n) is 6.99. The number of aromatic nitrogens is 1. The van der Waals surface area contributed by atoms with Gasteiger partial charge >= 0.3 is 0 Å². The first-order chi connectivity index (χ1) is 8.74. The molecule has 0 spiro atoms. The Morgan fingerprint density at radius 3 is 2.72 bits per heavy atom. The zero-order valence-corrected chi connectivity index (χ0v) is 11.6. The van der Waals surface area contributed by atoms with Crippen LogP contribution in [-0.4, -0.2) is 30.3 Å². The molecule has 3 nitrogen and oxygen atoms in total. The van der Waals surface area contributed by atoms with Gasteiger partial charge in [-0.1, -0.05) is 20.8 Å². The van der Waals surface area contributed by atoms with Crippen LogP contribution in [0.1, 0.15) is 38.7 Å². The summed E-state index contributed by atoms with van der Waals surface area (Å²) in [5.74, 6) is 1.08. The van der Waals surface area contributed by atoms with Crippen molar-refractivity contribution in [2.24, 2.45) is 5.92 Å². The lowest BCUT2D eigenvalue weighted by molar-refractivity contribution is 0.0543. The average Bonchev–Trinajstić information content (AvgIpc) is 2.82. The van der Waals surface area contributed by atoms with Gasteiger partial charge in [-0.25, -0.2) is 0 Å². The van der Waals surface area contributed by atoms with E-state index in [1.54, 1.807) is 0 Å². The van der Waals surface area contributed by atoms with Gasteiger partial charge in [0.05, 0.1) is 6.10 Å². The van der Waals surface area contributed by atoms with E-state index < -0.39 is 0 Å². The number of nitrogens with one attached hydrogen (secondary N) is 1. The number of ether oxygens (including phenoxy) is 1. The third-order valence-electron chi connectivity index (χ3n) is 4.01. The van der Waals surface area contributed by atoms with Crippen molar-refractivity contribution < 1.29 is 4.74 Å². The highest BCUT2D eigenvalue weighted by molar-refractivity contribution is 5.18. The molecule has 0 amide bonds. The van der Waals surface area contributed by atoms with E-state index in [1.165, 1.54) is 12.0 Å². The van der Waals surface area contributed by atoms with Crippen LogP contribution in [0.2, 0.25) is 0 Å². The summed E-state index contributed by atoms with van der Waals surface area (Å²) < 4.78 is 5.94. The van der Waals surface area contributed by atoms with Crippen LogP contribution >= 0.6 is 0 Å². The molecular formula is C15H24N2O. The predicted molar refractivity (Wildman–Crippen MR) is 73.6 cm³/mol. The summed E-state index contributed by atoms with van der Waals surface area (Å²) in [6.45, 7) is 8.60. The van der Waals surface area contributed by atoms with Crippen molar-refractivity contribution in [2.75, 3.05) is 13.2 Å². The molecule has 3 heteroatoms. The van der Waals surface area contributed by atoms with Crippen LogP contribution in [0.25, 0.3) is 0 Å². The highest BCUT2D eigenvalue weighted by Crippen LogP contribution is 2.30. The fourth-order valence-corrected chi connectivity index (χ4v) is 2.86. The molecule has 1 aliphatic heterocycles. The number of nitrogens with zero attached hydrogens (tertiary/aromatic N) is 1. The number of hydrogen-bond donors (Lipinski definition) is 1. The van der Waals surface area contributed by atoms with Gasteiger partial charge in [0.15, 0.2) is 0 Å². The molecular weight excluding hydrogens is 224 g/mol. The summed E-state index contributed by atoms with van der Waals surface area (Å²) in [5.41, 5.74) is 1.33. The predicted octanol–water partition coefficient (Wildman–Crippen LogP) is 2.59. The van der Waals surface area contributed by atoms with Gasteiger partial charge in [0, 0.05) is 25.0 Å². The van der Waals surface area contributed by atoms with Crippen molar-refractivity contribution in [3.8, 4) is 0 Å². The lowest BCUT2D eigenvalue weighted by Crippen LogP contribution is -2.45. The maximum absolute atomic E-state index is 5.94. The minimum Gasteiger partial charge on any atom is -0.376 e. The number of likely N-dealkylation sites (N-methyl/N-ethyl adjacent to an activating group) is 1.